The van der Waals surface area contributed by atoms with Gasteiger partial charge >= 0.3 is 5.97 Å². The summed E-state index contributed by atoms with van der Waals surface area (Å²) in [6, 6.07) is 8.77. The minimum Gasteiger partial charge on any atom is -0.459 e. The molecule has 0 amide bonds. The molecule has 1 aromatic carbocycles. The third-order valence-electron chi connectivity index (χ3n) is 3.81. The summed E-state index contributed by atoms with van der Waals surface area (Å²) in [7, 11) is 0. The lowest BCUT2D eigenvalue weighted by Crippen LogP contribution is -2.24. The molecule has 2 atom stereocenters. The Morgan fingerprint density at radius 3 is 3.00 bits per heavy atom. The van der Waals surface area contributed by atoms with Crippen LogP contribution in [-0.2, 0) is 9.47 Å². The number of nitrogens with one attached hydrogen (secondary N) is 3. The zero-order valence-corrected chi connectivity index (χ0v) is 14.0. The zero-order chi connectivity index (χ0) is 17.8. The number of hydrogen-bond donors (Lipinski definition) is 3. The Bertz CT molecular complexity index is 790. The number of rotatable bonds is 6. The molecule has 2 heterocycles. The van der Waals surface area contributed by atoms with Crippen molar-refractivity contribution in [2.45, 2.75) is 18.8 Å². The van der Waals surface area contributed by atoms with E-state index >= 15 is 0 Å². The van der Waals surface area contributed by atoms with Crippen molar-refractivity contribution >= 4 is 29.6 Å². The van der Waals surface area contributed by atoms with E-state index in [1.807, 2.05) is 6.07 Å². The molecule has 0 radical (unpaired) electrons. The molecule has 1 aromatic heterocycles. The predicted molar refractivity (Wildman–Crippen MR) is 94.2 cm³/mol. The minimum absolute atomic E-state index is 0.0868. The van der Waals surface area contributed by atoms with Crippen LogP contribution in [0.1, 0.15) is 22.3 Å². The van der Waals surface area contributed by atoms with Crippen molar-refractivity contribution in [1.29, 1.82) is 5.41 Å². The number of esters is 1. The van der Waals surface area contributed by atoms with Gasteiger partial charge in [-0.3, -0.25) is 5.10 Å². The molecule has 0 spiro atoms. The molecule has 3 rings (SSSR count). The third-order valence-corrected chi connectivity index (χ3v) is 4.09. The van der Waals surface area contributed by atoms with Crippen LogP contribution in [0.3, 0.4) is 0 Å². The molecule has 0 bridgehead atoms. The number of ether oxygens (including phenoxy) is 2. The molecule has 1 aliphatic rings. The Morgan fingerprint density at radius 1 is 1.52 bits per heavy atom. The summed E-state index contributed by atoms with van der Waals surface area (Å²) in [6.07, 6.45) is 0.862. The molecular formula is C17H17ClN4O3. The number of halogens is 1. The van der Waals surface area contributed by atoms with Gasteiger partial charge in [-0.2, -0.15) is 5.10 Å². The average molecular weight is 361 g/mol. The van der Waals surface area contributed by atoms with Crippen molar-refractivity contribution in [1.82, 2.24) is 10.2 Å². The topological polar surface area (TPSA) is 100 Å². The quantitative estimate of drug-likeness (QED) is 0.417. The summed E-state index contributed by atoms with van der Waals surface area (Å²) in [5.41, 5.74) is 1.76. The highest BCUT2D eigenvalue weighted by atomic mass is 35.5. The summed E-state index contributed by atoms with van der Waals surface area (Å²) in [6.45, 7) is 4.06. The van der Waals surface area contributed by atoms with Gasteiger partial charge in [-0.15, -0.1) is 0 Å². The Labute approximate surface area is 149 Å². The van der Waals surface area contributed by atoms with Gasteiger partial charge in [0.15, 0.2) is 5.82 Å². The largest absolute Gasteiger partial charge is 0.459 e. The van der Waals surface area contributed by atoms with E-state index in [2.05, 4.69) is 22.1 Å². The fourth-order valence-corrected chi connectivity index (χ4v) is 2.67. The van der Waals surface area contributed by atoms with E-state index in [1.54, 1.807) is 24.3 Å². The molecule has 1 fully saturated rings. The van der Waals surface area contributed by atoms with Gasteiger partial charge in [0.05, 0.1) is 11.1 Å². The van der Waals surface area contributed by atoms with Gasteiger partial charge < -0.3 is 20.2 Å². The monoisotopic (exact) mass is 360 g/mol. The SMILES string of the molecule is C=C1CC(Nc2n[nH]c(Cl)c2C=N)O[C@@H]1COC(=O)c1ccccc1. The Kier molecular flexibility index (Phi) is 5.16. The van der Waals surface area contributed by atoms with Crippen molar-refractivity contribution in [3.63, 3.8) is 0 Å². The fourth-order valence-electron chi connectivity index (χ4n) is 2.49. The van der Waals surface area contributed by atoms with Crippen LogP contribution in [-0.4, -0.2) is 41.3 Å². The van der Waals surface area contributed by atoms with Crippen molar-refractivity contribution in [3.05, 3.63) is 58.8 Å². The van der Waals surface area contributed by atoms with E-state index in [0.29, 0.717) is 23.4 Å². The van der Waals surface area contributed by atoms with Gasteiger partial charge in [0.2, 0.25) is 0 Å². The predicted octanol–water partition coefficient (Wildman–Crippen LogP) is 3.00. The Balaban J connectivity index is 1.55. The van der Waals surface area contributed by atoms with Crippen LogP contribution in [0.15, 0.2) is 42.5 Å². The lowest BCUT2D eigenvalue weighted by molar-refractivity contribution is 0.00629. The van der Waals surface area contributed by atoms with Crippen LogP contribution in [0.25, 0.3) is 0 Å². The maximum Gasteiger partial charge on any atom is 0.338 e. The van der Waals surface area contributed by atoms with E-state index in [0.717, 1.165) is 11.8 Å². The average Bonchev–Trinajstić information content (AvgIpc) is 3.15. The van der Waals surface area contributed by atoms with Gasteiger partial charge in [0, 0.05) is 12.6 Å². The Morgan fingerprint density at radius 2 is 2.28 bits per heavy atom. The highest BCUT2D eigenvalue weighted by Gasteiger charge is 2.31. The number of aromatic nitrogens is 2. The molecule has 0 saturated carbocycles. The number of aromatic amines is 1. The van der Waals surface area contributed by atoms with Gasteiger partial charge in [0.25, 0.3) is 0 Å². The van der Waals surface area contributed by atoms with Gasteiger partial charge in [-0.05, 0) is 17.7 Å². The molecule has 2 aromatic rings. The first-order valence-electron chi connectivity index (χ1n) is 7.64. The van der Waals surface area contributed by atoms with Gasteiger partial charge in [-0.1, -0.05) is 36.4 Å². The number of nitrogens with zero attached hydrogens (tertiary/aromatic N) is 1. The zero-order valence-electron chi connectivity index (χ0n) is 13.3. The first-order chi connectivity index (χ1) is 12.1. The Hall–Kier alpha value is -2.64. The molecule has 130 valence electrons. The summed E-state index contributed by atoms with van der Waals surface area (Å²) in [4.78, 5) is 12.0. The molecule has 1 unspecified atom stereocenters. The van der Waals surface area contributed by atoms with Crippen LogP contribution < -0.4 is 5.32 Å². The second-order valence-electron chi connectivity index (χ2n) is 5.53. The second-order valence-corrected chi connectivity index (χ2v) is 5.91. The summed E-state index contributed by atoms with van der Waals surface area (Å²) in [5.74, 6) is 0.0262. The molecule has 0 aliphatic carbocycles. The number of hydrogen-bond acceptors (Lipinski definition) is 6. The second kappa shape index (κ2) is 7.50. The van der Waals surface area contributed by atoms with E-state index in [-0.39, 0.29) is 18.0 Å². The lowest BCUT2D eigenvalue weighted by Gasteiger charge is -2.15. The smallest absolute Gasteiger partial charge is 0.338 e. The molecule has 25 heavy (non-hydrogen) atoms. The fraction of sp³-hybridized carbons (Fsp3) is 0.235. The molecule has 1 saturated heterocycles. The van der Waals surface area contributed by atoms with Gasteiger partial charge in [0.1, 0.15) is 24.1 Å². The van der Waals surface area contributed by atoms with Crippen LogP contribution in [0.4, 0.5) is 5.82 Å². The molecular weight excluding hydrogens is 344 g/mol. The standard InChI is InChI=1S/C17H17ClN4O3/c1-10-7-14(20-16-12(8-19)15(18)21-22-16)25-13(10)9-24-17(23)11-5-3-2-4-6-11/h2-6,8,13-14,19H,1,7,9H2,(H2,20,21,22)/t13-,14?/m1/s1. The molecule has 1 aliphatic heterocycles. The van der Waals surface area contributed by atoms with Crippen LogP contribution in [0.2, 0.25) is 5.15 Å². The number of carbonyl (C=O) groups excluding carboxylic acids is 1. The number of anilines is 1. The molecule has 7 nitrogen and oxygen atoms in total. The highest BCUT2D eigenvalue weighted by molar-refractivity contribution is 6.32. The molecule has 3 N–H and O–H groups in total. The van der Waals surface area contributed by atoms with E-state index in [9.17, 15) is 4.79 Å². The van der Waals surface area contributed by atoms with Crippen molar-refractivity contribution in [2.24, 2.45) is 0 Å². The van der Waals surface area contributed by atoms with E-state index in [1.165, 1.54) is 0 Å². The minimum atomic E-state index is -0.404. The summed E-state index contributed by atoms with van der Waals surface area (Å²) in [5, 5.41) is 17.3. The maximum atomic E-state index is 12.0. The molecule has 8 heteroatoms. The van der Waals surface area contributed by atoms with Gasteiger partial charge in [-0.25, -0.2) is 4.79 Å². The number of carbonyl (C=O) groups is 1. The first-order valence-corrected chi connectivity index (χ1v) is 8.02. The number of benzene rings is 1. The van der Waals surface area contributed by atoms with E-state index in [4.69, 9.17) is 26.5 Å². The van der Waals surface area contributed by atoms with Crippen LogP contribution in [0.5, 0.6) is 0 Å². The maximum absolute atomic E-state index is 12.0. The summed E-state index contributed by atoms with van der Waals surface area (Å²) < 4.78 is 11.1. The summed E-state index contributed by atoms with van der Waals surface area (Å²) >= 11 is 5.91. The van der Waals surface area contributed by atoms with Crippen molar-refractivity contribution < 1.29 is 14.3 Å². The first kappa shape index (κ1) is 17.2. The number of H-pyrrole nitrogens is 1. The van der Waals surface area contributed by atoms with Crippen molar-refractivity contribution in [2.75, 3.05) is 11.9 Å². The third kappa shape index (κ3) is 3.89. The lowest BCUT2D eigenvalue weighted by atomic mass is 10.1. The normalized spacial score (nSPS) is 19.6. The highest BCUT2D eigenvalue weighted by Crippen LogP contribution is 2.27. The van der Waals surface area contributed by atoms with E-state index < -0.39 is 12.1 Å². The van der Waals surface area contributed by atoms with Crippen LogP contribution >= 0.6 is 11.6 Å². The van der Waals surface area contributed by atoms with Crippen LogP contribution in [0, 0.1) is 5.41 Å². The van der Waals surface area contributed by atoms with Crippen molar-refractivity contribution in [3.8, 4) is 0 Å².